The van der Waals surface area contributed by atoms with Crippen molar-refractivity contribution in [1.29, 1.82) is 0 Å². The summed E-state index contributed by atoms with van der Waals surface area (Å²) in [6.07, 6.45) is 4.66. The average molecular weight is 494 g/mol. The first-order valence-corrected chi connectivity index (χ1v) is 13.0. The van der Waals surface area contributed by atoms with E-state index in [0.29, 0.717) is 0 Å². The zero-order chi connectivity index (χ0) is 24.9. The maximum atomic E-state index is 14.4. The SMILES string of the molecule is C[C@H](C(=O)NC1CCCC1)N(Cc1ccccc1F)C(=O)CN(c1ccc(F)cc1)S(C)(=O)=O. The van der Waals surface area contributed by atoms with Gasteiger partial charge in [-0.25, -0.2) is 17.2 Å². The summed E-state index contributed by atoms with van der Waals surface area (Å²) in [7, 11) is -3.92. The topological polar surface area (TPSA) is 86.8 Å². The molecule has 1 N–H and O–H groups in total. The van der Waals surface area contributed by atoms with Gasteiger partial charge in [-0.15, -0.1) is 0 Å². The van der Waals surface area contributed by atoms with Crippen LogP contribution in [0, 0.1) is 11.6 Å². The molecular weight excluding hydrogens is 464 g/mol. The minimum absolute atomic E-state index is 0.0205. The van der Waals surface area contributed by atoms with Crippen molar-refractivity contribution in [1.82, 2.24) is 10.2 Å². The van der Waals surface area contributed by atoms with E-state index in [9.17, 15) is 26.8 Å². The lowest BCUT2D eigenvalue weighted by atomic mass is 10.1. The van der Waals surface area contributed by atoms with Gasteiger partial charge in [-0.05, 0) is 50.1 Å². The van der Waals surface area contributed by atoms with Gasteiger partial charge >= 0.3 is 0 Å². The molecule has 1 saturated carbocycles. The molecular formula is C24H29F2N3O4S. The van der Waals surface area contributed by atoms with Gasteiger partial charge in [0.25, 0.3) is 0 Å². The number of nitrogens with one attached hydrogen (secondary N) is 1. The zero-order valence-electron chi connectivity index (χ0n) is 19.2. The van der Waals surface area contributed by atoms with Crippen LogP contribution in [0.25, 0.3) is 0 Å². The quantitative estimate of drug-likeness (QED) is 0.581. The Hall–Kier alpha value is -3.01. The van der Waals surface area contributed by atoms with Crippen LogP contribution >= 0.6 is 0 Å². The lowest BCUT2D eigenvalue weighted by Gasteiger charge is -2.32. The number of benzene rings is 2. The van der Waals surface area contributed by atoms with E-state index < -0.39 is 40.2 Å². The Morgan fingerprint density at radius 1 is 1.06 bits per heavy atom. The lowest BCUT2D eigenvalue weighted by molar-refractivity contribution is -0.139. The van der Waals surface area contributed by atoms with Gasteiger partial charge in [0.15, 0.2) is 0 Å². The van der Waals surface area contributed by atoms with Gasteiger partial charge in [0.2, 0.25) is 21.8 Å². The van der Waals surface area contributed by atoms with Crippen molar-refractivity contribution in [2.45, 2.75) is 51.2 Å². The number of nitrogens with zero attached hydrogens (tertiary/aromatic N) is 2. The highest BCUT2D eigenvalue weighted by Gasteiger charge is 2.31. The van der Waals surface area contributed by atoms with Crippen LogP contribution in [0.4, 0.5) is 14.5 Å². The number of carbonyl (C=O) groups excluding carboxylic acids is 2. The summed E-state index contributed by atoms with van der Waals surface area (Å²) < 4.78 is 53.5. The van der Waals surface area contributed by atoms with Crippen LogP contribution in [0.3, 0.4) is 0 Å². The van der Waals surface area contributed by atoms with E-state index >= 15 is 0 Å². The summed E-state index contributed by atoms with van der Waals surface area (Å²) in [4.78, 5) is 27.5. The molecule has 2 aromatic carbocycles. The highest BCUT2D eigenvalue weighted by molar-refractivity contribution is 7.92. The Balaban J connectivity index is 1.88. The van der Waals surface area contributed by atoms with Crippen LogP contribution in [-0.2, 0) is 26.2 Å². The molecule has 1 aliphatic rings. The fourth-order valence-electron chi connectivity index (χ4n) is 4.01. The molecule has 2 amide bonds. The van der Waals surface area contributed by atoms with Crippen molar-refractivity contribution in [3.05, 3.63) is 65.7 Å². The molecule has 1 fully saturated rings. The summed E-state index contributed by atoms with van der Waals surface area (Å²) in [5.41, 5.74) is 0.301. The average Bonchev–Trinajstić information content (AvgIpc) is 3.29. The Bertz CT molecular complexity index is 1120. The van der Waals surface area contributed by atoms with E-state index in [0.717, 1.165) is 48.4 Å². The van der Waals surface area contributed by atoms with Crippen LogP contribution in [-0.4, -0.2) is 50.0 Å². The van der Waals surface area contributed by atoms with Gasteiger partial charge in [-0.3, -0.25) is 13.9 Å². The van der Waals surface area contributed by atoms with Crippen molar-refractivity contribution < 1.29 is 26.8 Å². The van der Waals surface area contributed by atoms with Crippen LogP contribution in [0.15, 0.2) is 48.5 Å². The molecule has 184 valence electrons. The third kappa shape index (κ3) is 6.53. The number of sulfonamides is 1. The highest BCUT2D eigenvalue weighted by atomic mass is 32.2. The normalized spacial score (nSPS) is 15.1. The second kappa shape index (κ2) is 10.9. The third-order valence-electron chi connectivity index (χ3n) is 5.96. The molecule has 0 spiro atoms. The Morgan fingerprint density at radius 2 is 1.68 bits per heavy atom. The fraction of sp³-hybridized carbons (Fsp3) is 0.417. The van der Waals surface area contributed by atoms with Crippen molar-refractivity contribution in [3.63, 3.8) is 0 Å². The smallest absolute Gasteiger partial charge is 0.244 e. The van der Waals surface area contributed by atoms with Gasteiger partial charge in [0, 0.05) is 18.2 Å². The lowest BCUT2D eigenvalue weighted by Crippen LogP contribution is -2.52. The van der Waals surface area contributed by atoms with Gasteiger partial charge in [0.05, 0.1) is 11.9 Å². The molecule has 0 heterocycles. The number of anilines is 1. The number of hydrogen-bond donors (Lipinski definition) is 1. The monoisotopic (exact) mass is 493 g/mol. The maximum Gasteiger partial charge on any atom is 0.244 e. The maximum absolute atomic E-state index is 14.4. The predicted molar refractivity (Wildman–Crippen MR) is 125 cm³/mol. The van der Waals surface area contributed by atoms with Gasteiger partial charge < -0.3 is 10.2 Å². The zero-order valence-corrected chi connectivity index (χ0v) is 20.0. The molecule has 3 rings (SSSR count). The number of rotatable bonds is 9. The van der Waals surface area contributed by atoms with Crippen LogP contribution < -0.4 is 9.62 Å². The van der Waals surface area contributed by atoms with E-state index in [1.165, 1.54) is 42.2 Å². The molecule has 2 aromatic rings. The third-order valence-corrected chi connectivity index (χ3v) is 7.10. The van der Waals surface area contributed by atoms with E-state index in [1.54, 1.807) is 6.07 Å². The van der Waals surface area contributed by atoms with E-state index in [2.05, 4.69) is 5.32 Å². The van der Waals surface area contributed by atoms with Gasteiger partial charge in [0.1, 0.15) is 24.2 Å². The largest absolute Gasteiger partial charge is 0.352 e. The molecule has 0 radical (unpaired) electrons. The molecule has 34 heavy (non-hydrogen) atoms. The van der Waals surface area contributed by atoms with Crippen LogP contribution in [0.5, 0.6) is 0 Å². The first-order chi connectivity index (χ1) is 16.1. The Labute approximate surface area is 198 Å². The summed E-state index contributed by atoms with van der Waals surface area (Å²) in [5, 5.41) is 2.94. The predicted octanol–water partition coefficient (Wildman–Crippen LogP) is 3.21. The second-order valence-electron chi connectivity index (χ2n) is 8.53. The summed E-state index contributed by atoms with van der Waals surface area (Å²) in [6, 6.07) is 9.62. The van der Waals surface area contributed by atoms with Gasteiger partial charge in [-0.2, -0.15) is 0 Å². The minimum atomic E-state index is -3.92. The first kappa shape index (κ1) is 25.6. The van der Waals surface area contributed by atoms with E-state index in [-0.39, 0.29) is 29.7 Å². The van der Waals surface area contributed by atoms with E-state index in [1.807, 2.05) is 0 Å². The van der Waals surface area contributed by atoms with Crippen LogP contribution in [0.2, 0.25) is 0 Å². The second-order valence-corrected chi connectivity index (χ2v) is 10.4. The first-order valence-electron chi connectivity index (χ1n) is 11.1. The molecule has 7 nitrogen and oxygen atoms in total. The molecule has 0 aromatic heterocycles. The number of hydrogen-bond acceptors (Lipinski definition) is 4. The summed E-state index contributed by atoms with van der Waals surface area (Å²) >= 11 is 0. The molecule has 1 aliphatic carbocycles. The summed E-state index contributed by atoms with van der Waals surface area (Å²) in [6.45, 7) is 0.692. The molecule has 0 saturated heterocycles. The molecule has 10 heteroatoms. The van der Waals surface area contributed by atoms with Crippen molar-refractivity contribution in [2.24, 2.45) is 0 Å². The Kier molecular flexibility index (Phi) is 8.24. The summed E-state index contributed by atoms with van der Waals surface area (Å²) in [5.74, 6) is -2.17. The standard InChI is InChI=1S/C24H29F2N3O4S/c1-17(24(31)27-20-8-4-5-9-20)28(15-18-7-3-6-10-22(18)26)23(30)16-29(34(2,32)33)21-13-11-19(25)12-14-21/h3,6-7,10-14,17,20H,4-5,8-9,15-16H2,1-2H3,(H,27,31)/t17-/m1/s1. The number of halogens is 2. The van der Waals surface area contributed by atoms with Gasteiger partial charge in [-0.1, -0.05) is 31.0 Å². The molecule has 0 aliphatic heterocycles. The number of amides is 2. The van der Waals surface area contributed by atoms with E-state index in [4.69, 9.17) is 0 Å². The number of carbonyl (C=O) groups is 2. The fourth-order valence-corrected chi connectivity index (χ4v) is 4.86. The Morgan fingerprint density at radius 3 is 2.26 bits per heavy atom. The van der Waals surface area contributed by atoms with Crippen molar-refractivity contribution >= 4 is 27.5 Å². The molecule has 0 unspecified atom stereocenters. The van der Waals surface area contributed by atoms with Crippen molar-refractivity contribution in [3.8, 4) is 0 Å². The molecule has 0 bridgehead atoms. The highest BCUT2D eigenvalue weighted by Crippen LogP contribution is 2.21. The van der Waals surface area contributed by atoms with Crippen LogP contribution in [0.1, 0.15) is 38.2 Å². The molecule has 1 atom stereocenters. The van der Waals surface area contributed by atoms with Crippen molar-refractivity contribution in [2.75, 3.05) is 17.1 Å². The minimum Gasteiger partial charge on any atom is -0.352 e.